The number of carbonyl (C=O) groups excluding carboxylic acids is 1. The first-order valence-corrected chi connectivity index (χ1v) is 10.9. The predicted molar refractivity (Wildman–Crippen MR) is 94.0 cm³/mol. The van der Waals surface area contributed by atoms with Gasteiger partial charge in [-0.1, -0.05) is 6.92 Å². The Hall–Kier alpha value is -0.260. The Bertz CT molecular complexity index is 531. The molecule has 3 saturated heterocycles. The van der Waals surface area contributed by atoms with Gasteiger partial charge in [0.1, 0.15) is 6.10 Å². The summed E-state index contributed by atoms with van der Waals surface area (Å²) in [5.74, 6) is 3.64. The Balaban J connectivity index is 1.36. The summed E-state index contributed by atoms with van der Waals surface area (Å²) in [6, 6.07) is 0. The fraction of sp³-hybridized carbons (Fsp3) is 0.947. The van der Waals surface area contributed by atoms with Crippen LogP contribution in [0.5, 0.6) is 0 Å². The van der Waals surface area contributed by atoms with Gasteiger partial charge in [-0.25, -0.2) is 0 Å². The molecule has 6 atom stereocenters. The summed E-state index contributed by atoms with van der Waals surface area (Å²) in [4.78, 5) is 15.1. The van der Waals surface area contributed by atoms with Crippen LogP contribution >= 0.6 is 11.8 Å². The van der Waals surface area contributed by atoms with Crippen LogP contribution in [-0.2, 0) is 14.3 Å². The number of esters is 1. The monoisotopic (exact) mass is 351 g/mol. The molecule has 5 rings (SSSR count). The number of rotatable bonds is 2. The van der Waals surface area contributed by atoms with Crippen LogP contribution in [0.3, 0.4) is 0 Å². The largest absolute Gasteiger partial charge is 0.462 e. The van der Waals surface area contributed by atoms with Crippen molar-refractivity contribution >= 4 is 17.7 Å². The number of hydrogen-bond donors (Lipinski definition) is 0. The topological polar surface area (TPSA) is 42.1 Å². The minimum atomic E-state index is 0.0799. The van der Waals surface area contributed by atoms with Crippen LogP contribution in [0.2, 0.25) is 0 Å². The van der Waals surface area contributed by atoms with E-state index in [1.54, 1.807) is 0 Å². The number of nitrogens with zero attached hydrogens (tertiary/aromatic N) is 1. The lowest BCUT2D eigenvalue weighted by atomic mass is 9.53. The van der Waals surface area contributed by atoms with Crippen LogP contribution in [0, 0.1) is 23.2 Å². The van der Waals surface area contributed by atoms with Gasteiger partial charge in [-0.15, -0.1) is 0 Å². The Kier molecular flexibility index (Phi) is 3.73. The van der Waals surface area contributed by atoms with Crippen LogP contribution in [-0.4, -0.2) is 60.3 Å². The minimum absolute atomic E-state index is 0.0799. The third-order valence-electron chi connectivity index (χ3n) is 7.64. The summed E-state index contributed by atoms with van der Waals surface area (Å²) in [5.41, 5.74) is 0.475. The molecule has 5 heteroatoms. The van der Waals surface area contributed by atoms with E-state index in [0.29, 0.717) is 17.3 Å². The molecule has 0 aromatic heterocycles. The predicted octanol–water partition coefficient (Wildman–Crippen LogP) is 2.56. The first kappa shape index (κ1) is 16.0. The van der Waals surface area contributed by atoms with E-state index in [9.17, 15) is 4.79 Å². The van der Waals surface area contributed by atoms with E-state index in [-0.39, 0.29) is 23.6 Å². The van der Waals surface area contributed by atoms with Crippen LogP contribution in [0.25, 0.3) is 0 Å². The molecule has 5 fully saturated rings. The fourth-order valence-electron chi connectivity index (χ4n) is 6.23. The van der Waals surface area contributed by atoms with Crippen LogP contribution in [0.1, 0.15) is 39.0 Å². The molecule has 3 heterocycles. The van der Waals surface area contributed by atoms with E-state index in [1.165, 1.54) is 30.8 Å². The molecule has 134 valence electrons. The highest BCUT2D eigenvalue weighted by Gasteiger charge is 2.65. The molecular weight excluding hydrogens is 322 g/mol. The summed E-state index contributed by atoms with van der Waals surface area (Å²) in [5, 5.41) is 0. The molecule has 0 amide bonds. The van der Waals surface area contributed by atoms with Crippen molar-refractivity contribution in [3.8, 4) is 0 Å². The zero-order chi connectivity index (χ0) is 16.4. The number of ether oxygens (including phenoxy) is 2. The van der Waals surface area contributed by atoms with E-state index in [4.69, 9.17) is 9.47 Å². The molecule has 0 bridgehead atoms. The zero-order valence-corrected chi connectivity index (χ0v) is 15.5. The summed E-state index contributed by atoms with van der Waals surface area (Å²) in [6.45, 7) is 6.55. The highest BCUT2D eigenvalue weighted by atomic mass is 32.2. The SMILES string of the molecule is C[C@]12CCC[C@]3(CO3)C1C[C@@H]1C(CN3CCSCC3)C(=O)O[C@@H]1C2. The molecular formula is C19H29NO3S. The summed E-state index contributed by atoms with van der Waals surface area (Å²) in [7, 11) is 0. The quantitative estimate of drug-likeness (QED) is 0.565. The Morgan fingerprint density at radius 1 is 1.29 bits per heavy atom. The van der Waals surface area contributed by atoms with Gasteiger partial charge < -0.3 is 14.4 Å². The van der Waals surface area contributed by atoms with Gasteiger partial charge in [-0.2, -0.15) is 11.8 Å². The van der Waals surface area contributed by atoms with Crippen molar-refractivity contribution in [1.29, 1.82) is 0 Å². The number of thioether (sulfide) groups is 1. The molecule has 0 radical (unpaired) electrons. The van der Waals surface area contributed by atoms with Crippen molar-refractivity contribution in [2.45, 2.75) is 50.7 Å². The van der Waals surface area contributed by atoms with Crippen molar-refractivity contribution in [3.63, 3.8) is 0 Å². The second kappa shape index (κ2) is 5.62. The lowest BCUT2D eigenvalue weighted by molar-refractivity contribution is -0.147. The average Bonchev–Trinajstić information content (AvgIpc) is 3.27. The van der Waals surface area contributed by atoms with E-state index < -0.39 is 0 Å². The second-order valence-electron chi connectivity index (χ2n) is 9.01. The van der Waals surface area contributed by atoms with E-state index in [0.717, 1.165) is 39.1 Å². The minimum Gasteiger partial charge on any atom is -0.462 e. The van der Waals surface area contributed by atoms with Crippen LogP contribution < -0.4 is 0 Å². The zero-order valence-electron chi connectivity index (χ0n) is 14.7. The van der Waals surface area contributed by atoms with Gasteiger partial charge in [-0.05, 0) is 43.4 Å². The molecule has 2 saturated carbocycles. The summed E-state index contributed by atoms with van der Waals surface area (Å²) in [6.07, 6.45) is 6.14. The third-order valence-corrected chi connectivity index (χ3v) is 8.58. The lowest BCUT2D eigenvalue weighted by Gasteiger charge is -2.51. The summed E-state index contributed by atoms with van der Waals surface area (Å²) < 4.78 is 11.9. The van der Waals surface area contributed by atoms with Crippen LogP contribution in [0.4, 0.5) is 0 Å². The van der Waals surface area contributed by atoms with Crippen molar-refractivity contribution < 1.29 is 14.3 Å². The highest BCUT2D eigenvalue weighted by Crippen LogP contribution is 2.62. The van der Waals surface area contributed by atoms with E-state index in [1.807, 2.05) is 11.8 Å². The Morgan fingerprint density at radius 3 is 2.83 bits per heavy atom. The van der Waals surface area contributed by atoms with Gasteiger partial charge in [0, 0.05) is 37.1 Å². The summed E-state index contributed by atoms with van der Waals surface area (Å²) >= 11 is 2.03. The van der Waals surface area contributed by atoms with Crippen molar-refractivity contribution in [3.05, 3.63) is 0 Å². The third kappa shape index (κ3) is 2.45. The van der Waals surface area contributed by atoms with Gasteiger partial charge in [0.15, 0.2) is 0 Å². The highest BCUT2D eigenvalue weighted by molar-refractivity contribution is 7.99. The number of carbonyl (C=O) groups is 1. The Morgan fingerprint density at radius 2 is 2.08 bits per heavy atom. The molecule has 5 aliphatic rings. The smallest absolute Gasteiger partial charge is 0.310 e. The maximum Gasteiger partial charge on any atom is 0.310 e. The molecule has 1 spiro atoms. The molecule has 0 N–H and O–H groups in total. The standard InChI is InChI=1S/C19H29NO3S/c1-18-3-2-4-19(12-22-19)16(18)9-13-14(17(21)23-15(13)10-18)11-20-5-7-24-8-6-20/h13-16H,2-12H2,1H3/t13-,14?,15-,16?,18-,19+/m1/s1. The maximum atomic E-state index is 12.6. The van der Waals surface area contributed by atoms with Gasteiger partial charge in [-0.3, -0.25) is 4.79 Å². The first-order valence-electron chi connectivity index (χ1n) is 9.74. The molecule has 0 aromatic carbocycles. The number of hydrogen-bond acceptors (Lipinski definition) is 5. The van der Waals surface area contributed by atoms with E-state index >= 15 is 0 Å². The van der Waals surface area contributed by atoms with Gasteiger partial charge >= 0.3 is 5.97 Å². The molecule has 3 aliphatic heterocycles. The molecule has 4 nitrogen and oxygen atoms in total. The van der Waals surface area contributed by atoms with Crippen molar-refractivity contribution in [2.75, 3.05) is 37.7 Å². The van der Waals surface area contributed by atoms with Gasteiger partial charge in [0.2, 0.25) is 0 Å². The van der Waals surface area contributed by atoms with Crippen molar-refractivity contribution in [2.24, 2.45) is 23.2 Å². The van der Waals surface area contributed by atoms with E-state index in [2.05, 4.69) is 11.8 Å². The maximum absolute atomic E-state index is 12.6. The second-order valence-corrected chi connectivity index (χ2v) is 10.2. The lowest BCUT2D eigenvalue weighted by Crippen LogP contribution is -2.51. The fourth-order valence-corrected chi connectivity index (χ4v) is 7.21. The van der Waals surface area contributed by atoms with Gasteiger partial charge in [0.05, 0.1) is 18.1 Å². The first-order chi connectivity index (χ1) is 11.6. The number of fused-ring (bicyclic) bond motifs is 3. The van der Waals surface area contributed by atoms with Crippen LogP contribution in [0.15, 0.2) is 0 Å². The molecule has 2 unspecified atom stereocenters. The Labute approximate surface area is 149 Å². The molecule has 0 aromatic rings. The number of epoxide rings is 1. The molecule has 24 heavy (non-hydrogen) atoms. The van der Waals surface area contributed by atoms with Crippen molar-refractivity contribution in [1.82, 2.24) is 4.90 Å². The molecule has 2 aliphatic carbocycles. The average molecular weight is 352 g/mol. The van der Waals surface area contributed by atoms with Gasteiger partial charge in [0.25, 0.3) is 0 Å². The normalized spacial score (nSPS) is 51.1.